The molecule has 0 radical (unpaired) electrons. The predicted molar refractivity (Wildman–Crippen MR) is 110 cm³/mol. The molecule has 0 saturated heterocycles. The van der Waals surface area contributed by atoms with Gasteiger partial charge >= 0.3 is 0 Å². The van der Waals surface area contributed by atoms with Crippen molar-refractivity contribution in [1.29, 1.82) is 0 Å². The Morgan fingerprint density at radius 2 is 1.83 bits per heavy atom. The van der Waals surface area contributed by atoms with E-state index in [1.165, 1.54) is 0 Å². The third kappa shape index (κ3) is 3.17. The average molecular weight is 414 g/mol. The van der Waals surface area contributed by atoms with Crippen LogP contribution in [0, 0.1) is 0 Å². The lowest BCUT2D eigenvalue weighted by atomic mass is 9.88. The van der Waals surface area contributed by atoms with Gasteiger partial charge in [-0.15, -0.1) is 0 Å². The van der Waals surface area contributed by atoms with Crippen LogP contribution in [-0.2, 0) is 4.79 Å². The molecular formula is C21H20ClN3O4. The number of hydrogen-bond acceptors (Lipinski definition) is 5. The van der Waals surface area contributed by atoms with Gasteiger partial charge in [-0.2, -0.15) is 0 Å². The highest BCUT2D eigenvalue weighted by atomic mass is 35.5. The molecule has 7 nitrogen and oxygen atoms in total. The molecule has 0 saturated carbocycles. The number of carbonyl (C=O) groups excluding carboxylic acids is 1. The highest BCUT2D eigenvalue weighted by Gasteiger charge is 2.34. The van der Waals surface area contributed by atoms with E-state index in [4.69, 9.17) is 25.8 Å². The van der Waals surface area contributed by atoms with E-state index in [2.05, 4.69) is 10.3 Å². The lowest BCUT2D eigenvalue weighted by Crippen LogP contribution is -2.25. The summed E-state index contributed by atoms with van der Waals surface area (Å²) in [4.78, 5) is 17.2. The quantitative estimate of drug-likeness (QED) is 0.683. The second kappa shape index (κ2) is 7.67. The van der Waals surface area contributed by atoms with Crippen molar-refractivity contribution in [2.75, 3.05) is 26.6 Å². The van der Waals surface area contributed by atoms with Crippen molar-refractivity contribution in [2.24, 2.45) is 0 Å². The van der Waals surface area contributed by atoms with Crippen LogP contribution in [0.5, 0.6) is 17.2 Å². The van der Waals surface area contributed by atoms with Crippen molar-refractivity contribution in [3.8, 4) is 22.9 Å². The summed E-state index contributed by atoms with van der Waals surface area (Å²) in [7, 11) is 4.68. The van der Waals surface area contributed by atoms with Gasteiger partial charge < -0.3 is 19.5 Å². The number of rotatable bonds is 5. The summed E-state index contributed by atoms with van der Waals surface area (Å²) in [5.41, 5.74) is 2.27. The van der Waals surface area contributed by atoms with Crippen LogP contribution in [0.4, 0.5) is 5.82 Å². The Kier molecular flexibility index (Phi) is 5.07. The third-order valence-electron chi connectivity index (χ3n) is 5.00. The number of nitrogens with one attached hydrogen (secondary N) is 1. The van der Waals surface area contributed by atoms with Crippen LogP contribution < -0.4 is 19.5 Å². The largest absolute Gasteiger partial charge is 0.493 e. The van der Waals surface area contributed by atoms with Gasteiger partial charge in [0.2, 0.25) is 11.7 Å². The topological polar surface area (TPSA) is 74.6 Å². The minimum absolute atomic E-state index is 0.117. The van der Waals surface area contributed by atoms with Gasteiger partial charge in [-0.3, -0.25) is 9.36 Å². The summed E-state index contributed by atoms with van der Waals surface area (Å²) in [5, 5.41) is 3.49. The normalized spacial score (nSPS) is 15.4. The fourth-order valence-electron chi connectivity index (χ4n) is 3.69. The number of benzene rings is 2. The molecule has 1 aliphatic heterocycles. The monoisotopic (exact) mass is 413 g/mol. The molecule has 8 heteroatoms. The molecule has 1 amide bonds. The summed E-state index contributed by atoms with van der Waals surface area (Å²) in [5.74, 6) is 1.71. The summed E-state index contributed by atoms with van der Waals surface area (Å²) >= 11 is 6.36. The first kappa shape index (κ1) is 19.1. The first-order valence-electron chi connectivity index (χ1n) is 8.99. The molecule has 0 aliphatic carbocycles. The molecule has 1 aromatic heterocycles. The number of aromatic nitrogens is 2. The number of methoxy groups -OCH3 is 3. The van der Waals surface area contributed by atoms with Gasteiger partial charge in [-0.05, 0) is 18.2 Å². The second-order valence-corrected chi connectivity index (χ2v) is 6.94. The number of anilines is 1. The SMILES string of the molecule is COc1ccc([C@H]2CC(=O)Nc3c2ncn3-c2ccccc2Cl)c(OC)c1OC. The lowest BCUT2D eigenvalue weighted by Gasteiger charge is -2.26. The Bertz CT molecular complexity index is 1080. The first-order valence-corrected chi connectivity index (χ1v) is 9.37. The van der Waals surface area contributed by atoms with E-state index in [0.29, 0.717) is 28.1 Å². The minimum atomic E-state index is -0.308. The number of ether oxygens (including phenoxy) is 3. The number of hydrogen-bond donors (Lipinski definition) is 1. The zero-order chi connectivity index (χ0) is 20.5. The number of imidazole rings is 1. The third-order valence-corrected chi connectivity index (χ3v) is 5.31. The molecule has 2 aromatic carbocycles. The maximum atomic E-state index is 12.6. The van der Waals surface area contributed by atoms with Gasteiger partial charge in [0.25, 0.3) is 0 Å². The van der Waals surface area contributed by atoms with Gasteiger partial charge in [0.05, 0.1) is 37.7 Å². The van der Waals surface area contributed by atoms with Crippen LogP contribution in [0.1, 0.15) is 23.6 Å². The van der Waals surface area contributed by atoms with E-state index >= 15 is 0 Å². The smallest absolute Gasteiger partial charge is 0.226 e. The van der Waals surface area contributed by atoms with Crippen LogP contribution in [0.2, 0.25) is 5.02 Å². The molecule has 1 N–H and O–H groups in total. The number of para-hydroxylation sites is 1. The zero-order valence-electron chi connectivity index (χ0n) is 16.2. The molecule has 0 fully saturated rings. The Labute approximate surface area is 173 Å². The van der Waals surface area contributed by atoms with E-state index in [1.807, 2.05) is 24.3 Å². The van der Waals surface area contributed by atoms with E-state index in [-0.39, 0.29) is 18.2 Å². The molecule has 150 valence electrons. The molecule has 1 aliphatic rings. The van der Waals surface area contributed by atoms with E-state index < -0.39 is 0 Å². The number of carbonyl (C=O) groups is 1. The van der Waals surface area contributed by atoms with Gasteiger partial charge in [0.15, 0.2) is 11.5 Å². The van der Waals surface area contributed by atoms with E-state index in [0.717, 1.165) is 16.9 Å². The van der Waals surface area contributed by atoms with E-state index in [9.17, 15) is 4.79 Å². The Hall–Kier alpha value is -3.19. The molecular weight excluding hydrogens is 394 g/mol. The Morgan fingerprint density at radius 1 is 1.07 bits per heavy atom. The highest BCUT2D eigenvalue weighted by molar-refractivity contribution is 6.32. The second-order valence-electron chi connectivity index (χ2n) is 6.53. The lowest BCUT2D eigenvalue weighted by molar-refractivity contribution is -0.116. The molecule has 29 heavy (non-hydrogen) atoms. The standard InChI is InChI=1S/C21H20ClN3O4/c1-27-16-9-8-12(19(28-2)20(16)29-3)13-10-17(26)24-21-18(13)23-11-25(21)15-7-5-4-6-14(15)22/h4-9,11,13H,10H2,1-3H3,(H,24,26)/t13-/m1/s1. The fraction of sp³-hybridized carbons (Fsp3) is 0.238. The van der Waals surface area contributed by atoms with Crippen molar-refractivity contribution in [2.45, 2.75) is 12.3 Å². The fourth-order valence-corrected chi connectivity index (χ4v) is 3.92. The van der Waals surface area contributed by atoms with Crippen molar-refractivity contribution in [1.82, 2.24) is 9.55 Å². The van der Waals surface area contributed by atoms with Gasteiger partial charge in [-0.1, -0.05) is 29.8 Å². The van der Waals surface area contributed by atoms with Crippen LogP contribution in [0.25, 0.3) is 5.69 Å². The van der Waals surface area contributed by atoms with Gasteiger partial charge in [-0.25, -0.2) is 4.98 Å². The predicted octanol–water partition coefficient (Wildman–Crippen LogP) is 4.03. The first-order chi connectivity index (χ1) is 14.1. The van der Waals surface area contributed by atoms with Crippen molar-refractivity contribution in [3.63, 3.8) is 0 Å². The van der Waals surface area contributed by atoms with Gasteiger partial charge in [0, 0.05) is 17.9 Å². The minimum Gasteiger partial charge on any atom is -0.493 e. The number of nitrogens with zero attached hydrogens (tertiary/aromatic N) is 2. The van der Waals surface area contributed by atoms with Crippen molar-refractivity contribution < 1.29 is 19.0 Å². The summed E-state index contributed by atoms with van der Waals surface area (Å²) in [6.07, 6.45) is 1.90. The van der Waals surface area contributed by atoms with Crippen molar-refractivity contribution in [3.05, 3.63) is 59.0 Å². The highest BCUT2D eigenvalue weighted by Crippen LogP contribution is 2.47. The van der Waals surface area contributed by atoms with E-state index in [1.54, 1.807) is 44.4 Å². The summed E-state index contributed by atoms with van der Waals surface area (Å²) < 4.78 is 18.3. The molecule has 0 bridgehead atoms. The molecule has 4 rings (SSSR count). The summed E-state index contributed by atoms with van der Waals surface area (Å²) in [6.45, 7) is 0. The number of amides is 1. The zero-order valence-corrected chi connectivity index (χ0v) is 17.0. The molecule has 0 unspecified atom stereocenters. The summed E-state index contributed by atoms with van der Waals surface area (Å²) in [6, 6.07) is 11.1. The van der Waals surface area contributed by atoms with Crippen LogP contribution in [0.15, 0.2) is 42.7 Å². The van der Waals surface area contributed by atoms with Crippen LogP contribution in [0.3, 0.4) is 0 Å². The number of halogens is 1. The van der Waals surface area contributed by atoms with Gasteiger partial charge in [0.1, 0.15) is 12.1 Å². The van der Waals surface area contributed by atoms with Crippen LogP contribution >= 0.6 is 11.6 Å². The number of fused-ring (bicyclic) bond motifs is 1. The maximum Gasteiger partial charge on any atom is 0.226 e. The van der Waals surface area contributed by atoms with Crippen LogP contribution in [-0.4, -0.2) is 36.8 Å². The maximum absolute atomic E-state index is 12.6. The molecule has 2 heterocycles. The average Bonchev–Trinajstić information content (AvgIpc) is 3.15. The Balaban J connectivity index is 1.88. The molecule has 3 aromatic rings. The molecule has 1 atom stereocenters. The van der Waals surface area contributed by atoms with Crippen molar-refractivity contribution >= 4 is 23.3 Å². The Morgan fingerprint density at radius 3 is 2.52 bits per heavy atom. The molecule has 0 spiro atoms.